The Labute approximate surface area is 127 Å². The van der Waals surface area contributed by atoms with E-state index in [1.165, 1.54) is 32.4 Å². The van der Waals surface area contributed by atoms with Crippen LogP contribution in [0.3, 0.4) is 0 Å². The Balaban J connectivity index is 1.75. The Bertz CT molecular complexity index is 479. The Morgan fingerprint density at radius 1 is 1.29 bits per heavy atom. The van der Waals surface area contributed by atoms with Gasteiger partial charge in [0.05, 0.1) is 12.3 Å². The van der Waals surface area contributed by atoms with Gasteiger partial charge in [-0.2, -0.15) is 4.98 Å². The standard InChI is InChI=1S/C16H26N4O/c1-2-11-21-16-14(17)6-7-15(18-16)20-10-4-9-19-8-3-5-13(19)12-20/h6-7,13H,2-5,8-12,17H2,1H3. The second-order valence-corrected chi connectivity index (χ2v) is 6.04. The molecule has 0 radical (unpaired) electrons. The van der Waals surface area contributed by atoms with Gasteiger partial charge in [0.2, 0.25) is 5.88 Å². The summed E-state index contributed by atoms with van der Waals surface area (Å²) in [6.45, 7) is 7.37. The van der Waals surface area contributed by atoms with Crippen molar-refractivity contribution in [3.05, 3.63) is 12.1 Å². The number of rotatable bonds is 4. The Hall–Kier alpha value is -1.49. The molecule has 1 aromatic rings. The van der Waals surface area contributed by atoms with Crippen molar-refractivity contribution in [3.63, 3.8) is 0 Å². The van der Waals surface area contributed by atoms with Crippen LogP contribution in [0.5, 0.6) is 5.88 Å². The molecule has 2 N–H and O–H groups in total. The second kappa shape index (κ2) is 6.52. The van der Waals surface area contributed by atoms with Gasteiger partial charge in [0, 0.05) is 25.7 Å². The molecule has 0 spiro atoms. The molecule has 3 heterocycles. The zero-order chi connectivity index (χ0) is 14.7. The summed E-state index contributed by atoms with van der Waals surface area (Å²) < 4.78 is 5.66. The zero-order valence-corrected chi connectivity index (χ0v) is 12.9. The van der Waals surface area contributed by atoms with Crippen LogP contribution < -0.4 is 15.4 Å². The average molecular weight is 290 g/mol. The molecule has 0 aromatic carbocycles. The van der Waals surface area contributed by atoms with Gasteiger partial charge < -0.3 is 15.4 Å². The molecule has 0 amide bonds. The third kappa shape index (κ3) is 3.23. The summed E-state index contributed by atoms with van der Waals surface area (Å²) in [4.78, 5) is 9.68. The van der Waals surface area contributed by atoms with E-state index in [1.807, 2.05) is 12.1 Å². The molecule has 2 aliphatic rings. The molecule has 1 unspecified atom stereocenters. The number of anilines is 2. The minimum Gasteiger partial charge on any atom is -0.476 e. The molecule has 0 aliphatic carbocycles. The normalized spacial score (nSPS) is 22.9. The van der Waals surface area contributed by atoms with E-state index < -0.39 is 0 Å². The second-order valence-electron chi connectivity index (χ2n) is 6.04. The molecule has 1 atom stereocenters. The average Bonchev–Trinajstić information content (AvgIpc) is 2.83. The highest BCUT2D eigenvalue weighted by Crippen LogP contribution is 2.27. The molecule has 21 heavy (non-hydrogen) atoms. The minimum absolute atomic E-state index is 0.585. The lowest BCUT2D eigenvalue weighted by molar-refractivity contribution is 0.273. The monoisotopic (exact) mass is 290 g/mol. The maximum absolute atomic E-state index is 5.96. The smallest absolute Gasteiger partial charge is 0.239 e. The number of nitrogen functional groups attached to an aromatic ring is 1. The first-order valence-electron chi connectivity index (χ1n) is 8.16. The van der Waals surface area contributed by atoms with Crippen molar-refractivity contribution >= 4 is 11.5 Å². The van der Waals surface area contributed by atoms with Crippen LogP contribution in [0.4, 0.5) is 11.5 Å². The topological polar surface area (TPSA) is 54.6 Å². The van der Waals surface area contributed by atoms with Crippen molar-refractivity contribution in [1.82, 2.24) is 9.88 Å². The number of pyridine rings is 1. The van der Waals surface area contributed by atoms with Gasteiger partial charge in [0.25, 0.3) is 0 Å². The minimum atomic E-state index is 0.585. The van der Waals surface area contributed by atoms with Gasteiger partial charge in [-0.25, -0.2) is 0 Å². The predicted octanol–water partition coefficient (Wildman–Crippen LogP) is 2.13. The maximum atomic E-state index is 5.96. The molecule has 2 saturated heterocycles. The number of nitrogens with zero attached hydrogens (tertiary/aromatic N) is 3. The van der Waals surface area contributed by atoms with Crippen molar-refractivity contribution in [1.29, 1.82) is 0 Å². The number of hydrogen-bond donors (Lipinski definition) is 1. The summed E-state index contributed by atoms with van der Waals surface area (Å²) in [5.41, 5.74) is 6.59. The fraction of sp³-hybridized carbons (Fsp3) is 0.688. The maximum Gasteiger partial charge on any atom is 0.239 e. The summed E-state index contributed by atoms with van der Waals surface area (Å²) in [5, 5.41) is 0. The van der Waals surface area contributed by atoms with Crippen molar-refractivity contribution < 1.29 is 4.74 Å². The number of nitrogens with two attached hydrogens (primary N) is 1. The summed E-state index contributed by atoms with van der Waals surface area (Å²) in [6, 6.07) is 4.63. The highest BCUT2D eigenvalue weighted by Gasteiger charge is 2.29. The van der Waals surface area contributed by atoms with Crippen molar-refractivity contribution in [2.24, 2.45) is 0 Å². The molecule has 5 nitrogen and oxygen atoms in total. The number of hydrogen-bond acceptors (Lipinski definition) is 5. The molecule has 2 aliphatic heterocycles. The van der Waals surface area contributed by atoms with E-state index in [-0.39, 0.29) is 0 Å². The summed E-state index contributed by atoms with van der Waals surface area (Å²) in [6.07, 6.45) is 4.81. The highest BCUT2D eigenvalue weighted by atomic mass is 16.5. The van der Waals surface area contributed by atoms with Crippen molar-refractivity contribution in [3.8, 4) is 5.88 Å². The Morgan fingerprint density at radius 2 is 2.14 bits per heavy atom. The fourth-order valence-electron chi connectivity index (χ4n) is 3.35. The van der Waals surface area contributed by atoms with Gasteiger partial charge in [0.1, 0.15) is 5.82 Å². The first kappa shape index (κ1) is 14.4. The first-order valence-corrected chi connectivity index (χ1v) is 8.16. The fourth-order valence-corrected chi connectivity index (χ4v) is 3.35. The van der Waals surface area contributed by atoms with E-state index >= 15 is 0 Å². The molecule has 3 rings (SSSR count). The van der Waals surface area contributed by atoms with Gasteiger partial charge in [0.15, 0.2) is 0 Å². The third-order valence-corrected chi connectivity index (χ3v) is 4.45. The first-order chi connectivity index (χ1) is 10.3. The molecule has 0 saturated carbocycles. The van der Waals surface area contributed by atoms with Gasteiger partial charge in [-0.1, -0.05) is 6.92 Å². The quantitative estimate of drug-likeness (QED) is 0.920. The molecular formula is C16H26N4O. The zero-order valence-electron chi connectivity index (χ0n) is 12.9. The van der Waals surface area contributed by atoms with E-state index in [4.69, 9.17) is 10.5 Å². The van der Waals surface area contributed by atoms with E-state index in [0.29, 0.717) is 24.2 Å². The summed E-state index contributed by atoms with van der Waals surface area (Å²) in [5.74, 6) is 1.59. The van der Waals surface area contributed by atoms with Crippen LogP contribution in [0.1, 0.15) is 32.6 Å². The highest BCUT2D eigenvalue weighted by molar-refractivity contribution is 5.54. The van der Waals surface area contributed by atoms with Gasteiger partial charge in [-0.05, 0) is 44.4 Å². The molecule has 2 fully saturated rings. The van der Waals surface area contributed by atoms with E-state index in [0.717, 1.165) is 25.3 Å². The molecule has 0 bridgehead atoms. The van der Waals surface area contributed by atoms with E-state index in [9.17, 15) is 0 Å². The van der Waals surface area contributed by atoms with E-state index in [1.54, 1.807) is 0 Å². The van der Waals surface area contributed by atoms with Gasteiger partial charge >= 0.3 is 0 Å². The number of ether oxygens (including phenoxy) is 1. The number of aromatic nitrogens is 1. The van der Waals surface area contributed by atoms with Crippen LogP contribution in [0.25, 0.3) is 0 Å². The van der Waals surface area contributed by atoms with Crippen LogP contribution in [0.15, 0.2) is 12.1 Å². The van der Waals surface area contributed by atoms with E-state index in [2.05, 4.69) is 21.7 Å². The van der Waals surface area contributed by atoms with Gasteiger partial charge in [-0.3, -0.25) is 4.90 Å². The molecule has 116 valence electrons. The van der Waals surface area contributed by atoms with Crippen LogP contribution in [-0.2, 0) is 0 Å². The van der Waals surface area contributed by atoms with Crippen LogP contribution in [0.2, 0.25) is 0 Å². The lowest BCUT2D eigenvalue weighted by Gasteiger charge is -2.26. The van der Waals surface area contributed by atoms with Crippen LogP contribution >= 0.6 is 0 Å². The third-order valence-electron chi connectivity index (χ3n) is 4.45. The Morgan fingerprint density at radius 3 is 3.00 bits per heavy atom. The summed E-state index contributed by atoms with van der Waals surface area (Å²) in [7, 11) is 0. The van der Waals surface area contributed by atoms with Crippen molar-refractivity contribution in [2.75, 3.05) is 43.4 Å². The molecule has 1 aromatic heterocycles. The lowest BCUT2D eigenvalue weighted by Crippen LogP contribution is -2.37. The largest absolute Gasteiger partial charge is 0.476 e. The van der Waals surface area contributed by atoms with Crippen LogP contribution in [0, 0.1) is 0 Å². The van der Waals surface area contributed by atoms with Crippen LogP contribution in [-0.4, -0.2) is 48.7 Å². The van der Waals surface area contributed by atoms with Gasteiger partial charge in [-0.15, -0.1) is 0 Å². The predicted molar refractivity (Wildman–Crippen MR) is 85.9 cm³/mol. The van der Waals surface area contributed by atoms with Crippen molar-refractivity contribution in [2.45, 2.75) is 38.6 Å². The SMILES string of the molecule is CCCOc1nc(N2CCCN3CCCC3C2)ccc1N. The lowest BCUT2D eigenvalue weighted by atomic mass is 10.2. The Kier molecular flexibility index (Phi) is 4.48. The molecular weight excluding hydrogens is 264 g/mol. The molecule has 5 heteroatoms. The number of fused-ring (bicyclic) bond motifs is 1. The summed E-state index contributed by atoms with van der Waals surface area (Å²) >= 11 is 0.